The molecule has 0 saturated heterocycles. The molecule has 0 fully saturated rings. The summed E-state index contributed by atoms with van der Waals surface area (Å²) in [6, 6.07) is 0. The number of guanidine groups is 1. The quantitative estimate of drug-likeness (QED) is 0.616. The molecule has 1 rings (SSSR count). The van der Waals surface area contributed by atoms with Crippen molar-refractivity contribution >= 4 is 17.3 Å². The van der Waals surface area contributed by atoms with Crippen LogP contribution in [0.3, 0.4) is 0 Å². The summed E-state index contributed by atoms with van der Waals surface area (Å²) < 4.78 is 0. The molecular formula is C10H18N4S. The molecule has 0 aliphatic rings. The van der Waals surface area contributed by atoms with Crippen LogP contribution in [0.5, 0.6) is 0 Å². The van der Waals surface area contributed by atoms with E-state index in [1.165, 1.54) is 0 Å². The van der Waals surface area contributed by atoms with E-state index in [-0.39, 0.29) is 5.54 Å². The Morgan fingerprint density at radius 2 is 2.27 bits per heavy atom. The Morgan fingerprint density at radius 1 is 1.60 bits per heavy atom. The molecule has 0 spiro atoms. The van der Waals surface area contributed by atoms with E-state index < -0.39 is 0 Å². The van der Waals surface area contributed by atoms with Gasteiger partial charge in [0.15, 0.2) is 5.96 Å². The van der Waals surface area contributed by atoms with Gasteiger partial charge < -0.3 is 10.6 Å². The van der Waals surface area contributed by atoms with E-state index in [0.717, 1.165) is 5.69 Å². The molecule has 4 nitrogen and oxygen atoms in total. The summed E-state index contributed by atoms with van der Waals surface area (Å²) in [5, 5.41) is 2.01. The number of aromatic nitrogens is 1. The molecule has 0 unspecified atom stereocenters. The molecule has 1 heterocycles. The minimum Gasteiger partial charge on any atom is -0.370 e. The fraction of sp³-hybridized carbons (Fsp3) is 0.600. The summed E-state index contributed by atoms with van der Waals surface area (Å²) in [6.45, 7) is 6.78. The fourth-order valence-corrected chi connectivity index (χ4v) is 1.62. The van der Waals surface area contributed by atoms with Gasteiger partial charge in [0.25, 0.3) is 0 Å². The van der Waals surface area contributed by atoms with Crippen molar-refractivity contribution in [2.45, 2.75) is 32.9 Å². The van der Waals surface area contributed by atoms with Crippen LogP contribution in [-0.4, -0.2) is 28.4 Å². The van der Waals surface area contributed by atoms with Crippen LogP contribution in [-0.2, 0) is 6.54 Å². The summed E-state index contributed by atoms with van der Waals surface area (Å²) in [6.07, 6.45) is 0. The molecule has 0 amide bonds. The van der Waals surface area contributed by atoms with E-state index in [2.05, 4.69) is 9.98 Å². The maximum Gasteiger partial charge on any atom is 0.191 e. The molecule has 0 atom stereocenters. The first-order chi connectivity index (χ1) is 6.88. The lowest BCUT2D eigenvalue weighted by molar-refractivity contribution is 0.469. The van der Waals surface area contributed by atoms with E-state index in [1.54, 1.807) is 11.3 Å². The fourth-order valence-electron chi connectivity index (χ4n) is 1.07. The van der Waals surface area contributed by atoms with Gasteiger partial charge in [-0.1, -0.05) is 0 Å². The van der Waals surface area contributed by atoms with Crippen molar-refractivity contribution in [3.63, 3.8) is 0 Å². The average molecular weight is 226 g/mol. The van der Waals surface area contributed by atoms with Crippen molar-refractivity contribution in [1.82, 2.24) is 9.88 Å². The zero-order valence-electron chi connectivity index (χ0n) is 9.69. The molecule has 2 N–H and O–H groups in total. The number of thiazole rings is 1. The van der Waals surface area contributed by atoms with E-state index in [1.807, 2.05) is 43.6 Å². The van der Waals surface area contributed by atoms with Crippen molar-refractivity contribution in [2.24, 2.45) is 10.7 Å². The molecule has 5 heteroatoms. The van der Waals surface area contributed by atoms with Gasteiger partial charge in [-0.2, -0.15) is 0 Å². The van der Waals surface area contributed by atoms with E-state index >= 15 is 0 Å². The highest BCUT2D eigenvalue weighted by Gasteiger charge is 2.11. The normalized spacial score (nSPS) is 12.9. The summed E-state index contributed by atoms with van der Waals surface area (Å²) in [5.41, 5.74) is 8.58. The van der Waals surface area contributed by atoms with Crippen molar-refractivity contribution in [3.05, 3.63) is 16.6 Å². The smallest absolute Gasteiger partial charge is 0.191 e. The SMILES string of the molecule is CN(Cc1cscn1)C(N)=NC(C)(C)C. The lowest BCUT2D eigenvalue weighted by atomic mass is 10.1. The second kappa shape index (κ2) is 4.61. The molecule has 0 aromatic carbocycles. The maximum atomic E-state index is 5.87. The number of nitrogens with zero attached hydrogens (tertiary/aromatic N) is 3. The Hall–Kier alpha value is -1.10. The zero-order valence-corrected chi connectivity index (χ0v) is 10.5. The van der Waals surface area contributed by atoms with E-state index in [9.17, 15) is 0 Å². The van der Waals surface area contributed by atoms with Crippen LogP contribution in [0, 0.1) is 0 Å². The monoisotopic (exact) mass is 226 g/mol. The van der Waals surface area contributed by atoms with Gasteiger partial charge in [-0.25, -0.2) is 9.98 Å². The van der Waals surface area contributed by atoms with Crippen molar-refractivity contribution in [1.29, 1.82) is 0 Å². The van der Waals surface area contributed by atoms with Gasteiger partial charge >= 0.3 is 0 Å². The summed E-state index contributed by atoms with van der Waals surface area (Å²) >= 11 is 1.59. The maximum absolute atomic E-state index is 5.87. The number of aliphatic imine (C=N–C) groups is 1. The lowest BCUT2D eigenvalue weighted by Crippen LogP contribution is -2.36. The molecule has 0 radical (unpaired) electrons. The second-order valence-corrected chi connectivity index (χ2v) is 5.20. The third-order valence-electron chi connectivity index (χ3n) is 1.72. The van der Waals surface area contributed by atoms with Crippen LogP contribution in [0.15, 0.2) is 15.9 Å². The van der Waals surface area contributed by atoms with E-state index in [4.69, 9.17) is 5.73 Å². The van der Waals surface area contributed by atoms with Crippen LogP contribution in [0.1, 0.15) is 26.5 Å². The van der Waals surface area contributed by atoms with Gasteiger partial charge in [-0.15, -0.1) is 11.3 Å². The molecule has 84 valence electrons. The largest absolute Gasteiger partial charge is 0.370 e. The predicted octanol–water partition coefficient (Wildman–Crippen LogP) is 1.69. The lowest BCUT2D eigenvalue weighted by Gasteiger charge is -2.21. The molecule has 1 aromatic heterocycles. The van der Waals surface area contributed by atoms with Gasteiger partial charge in [0, 0.05) is 12.4 Å². The first-order valence-corrected chi connectivity index (χ1v) is 5.76. The third kappa shape index (κ3) is 4.29. The van der Waals surface area contributed by atoms with Crippen LogP contribution in [0.2, 0.25) is 0 Å². The van der Waals surface area contributed by atoms with Gasteiger partial charge in [-0.05, 0) is 20.8 Å². The van der Waals surface area contributed by atoms with Crippen molar-refractivity contribution in [3.8, 4) is 0 Å². The van der Waals surface area contributed by atoms with Crippen molar-refractivity contribution < 1.29 is 0 Å². The summed E-state index contributed by atoms with van der Waals surface area (Å²) in [5.74, 6) is 0.551. The first-order valence-electron chi connectivity index (χ1n) is 4.82. The molecule has 15 heavy (non-hydrogen) atoms. The summed E-state index contributed by atoms with van der Waals surface area (Å²) in [4.78, 5) is 10.5. The number of hydrogen-bond acceptors (Lipinski definition) is 3. The Bertz CT molecular complexity index is 324. The predicted molar refractivity (Wildman–Crippen MR) is 65.0 cm³/mol. The van der Waals surface area contributed by atoms with Crippen LogP contribution in [0.4, 0.5) is 0 Å². The van der Waals surface area contributed by atoms with Gasteiger partial charge in [-0.3, -0.25) is 0 Å². The Labute approximate surface area is 94.8 Å². The number of rotatable bonds is 2. The van der Waals surface area contributed by atoms with Gasteiger partial charge in [0.2, 0.25) is 0 Å². The average Bonchev–Trinajstić information content (AvgIpc) is 2.53. The minimum absolute atomic E-state index is 0.138. The van der Waals surface area contributed by atoms with Crippen LogP contribution >= 0.6 is 11.3 Å². The highest BCUT2D eigenvalue weighted by atomic mass is 32.1. The Balaban J connectivity index is 2.61. The molecule has 1 aromatic rings. The molecule has 0 bridgehead atoms. The number of hydrogen-bond donors (Lipinski definition) is 1. The van der Waals surface area contributed by atoms with Gasteiger partial charge in [0.05, 0.1) is 23.3 Å². The second-order valence-electron chi connectivity index (χ2n) is 4.48. The standard InChI is InChI=1S/C10H18N4S/c1-10(2,3)13-9(11)14(4)5-8-6-15-7-12-8/h6-7H,5H2,1-4H3,(H2,11,13). The van der Waals surface area contributed by atoms with E-state index in [0.29, 0.717) is 12.5 Å². The molecule has 0 saturated carbocycles. The Kier molecular flexibility index (Phi) is 3.68. The molecular weight excluding hydrogens is 208 g/mol. The topological polar surface area (TPSA) is 54.5 Å². The third-order valence-corrected chi connectivity index (χ3v) is 2.36. The summed E-state index contributed by atoms with van der Waals surface area (Å²) in [7, 11) is 1.92. The minimum atomic E-state index is -0.138. The number of nitrogens with two attached hydrogens (primary N) is 1. The van der Waals surface area contributed by atoms with Gasteiger partial charge in [0.1, 0.15) is 0 Å². The highest BCUT2D eigenvalue weighted by molar-refractivity contribution is 7.07. The van der Waals surface area contributed by atoms with Crippen LogP contribution in [0.25, 0.3) is 0 Å². The van der Waals surface area contributed by atoms with Crippen molar-refractivity contribution in [2.75, 3.05) is 7.05 Å². The first kappa shape index (κ1) is 12.0. The Morgan fingerprint density at radius 3 is 2.73 bits per heavy atom. The molecule has 0 aliphatic heterocycles. The molecule has 0 aliphatic carbocycles. The highest BCUT2D eigenvalue weighted by Crippen LogP contribution is 2.08. The zero-order chi connectivity index (χ0) is 11.5. The van der Waals surface area contributed by atoms with Crippen LogP contribution < -0.4 is 5.73 Å².